The van der Waals surface area contributed by atoms with Crippen LogP contribution in [0.4, 0.5) is 5.00 Å². The lowest BCUT2D eigenvalue weighted by Gasteiger charge is -2.13. The molecule has 0 spiro atoms. The Kier molecular flexibility index (Phi) is 5.76. The molecule has 116 valence electrons. The summed E-state index contributed by atoms with van der Waals surface area (Å²) in [5, 5.41) is 15.4. The summed E-state index contributed by atoms with van der Waals surface area (Å²) in [7, 11) is 0. The van der Waals surface area contributed by atoms with Crippen molar-refractivity contribution in [3.05, 3.63) is 17.0 Å². The third-order valence-electron chi connectivity index (χ3n) is 3.69. The SMILES string of the molecule is CCC(CCO)CNC(=O)c1ccc(NC(=O)C2CC2)s1. The Morgan fingerprint density at radius 3 is 2.81 bits per heavy atom. The Labute approximate surface area is 128 Å². The molecule has 1 aliphatic carbocycles. The Morgan fingerprint density at radius 2 is 2.19 bits per heavy atom. The van der Waals surface area contributed by atoms with Crippen molar-refractivity contribution < 1.29 is 14.7 Å². The van der Waals surface area contributed by atoms with E-state index in [1.807, 2.05) is 6.92 Å². The van der Waals surface area contributed by atoms with Gasteiger partial charge in [0.2, 0.25) is 5.91 Å². The molecule has 0 aliphatic heterocycles. The molecular formula is C15H22N2O3S. The Morgan fingerprint density at radius 1 is 1.43 bits per heavy atom. The second-order valence-electron chi connectivity index (χ2n) is 5.42. The van der Waals surface area contributed by atoms with E-state index in [0.717, 1.165) is 24.3 Å². The second-order valence-corrected chi connectivity index (χ2v) is 6.51. The fourth-order valence-corrected chi connectivity index (χ4v) is 2.88. The normalized spacial score (nSPS) is 15.5. The minimum Gasteiger partial charge on any atom is -0.396 e. The molecule has 1 aliphatic rings. The molecule has 21 heavy (non-hydrogen) atoms. The Hall–Kier alpha value is -1.40. The lowest BCUT2D eigenvalue weighted by molar-refractivity contribution is -0.117. The maximum absolute atomic E-state index is 12.0. The molecule has 1 heterocycles. The van der Waals surface area contributed by atoms with Gasteiger partial charge in [0.15, 0.2) is 0 Å². The second kappa shape index (κ2) is 7.56. The molecule has 2 rings (SSSR count). The van der Waals surface area contributed by atoms with Crippen molar-refractivity contribution in [2.24, 2.45) is 11.8 Å². The lowest BCUT2D eigenvalue weighted by Crippen LogP contribution is -2.28. The van der Waals surface area contributed by atoms with E-state index in [9.17, 15) is 9.59 Å². The van der Waals surface area contributed by atoms with Gasteiger partial charge in [-0.1, -0.05) is 13.3 Å². The van der Waals surface area contributed by atoms with Crippen LogP contribution >= 0.6 is 11.3 Å². The van der Waals surface area contributed by atoms with Crippen molar-refractivity contribution in [3.8, 4) is 0 Å². The van der Waals surface area contributed by atoms with E-state index in [4.69, 9.17) is 5.11 Å². The predicted molar refractivity (Wildman–Crippen MR) is 83.5 cm³/mol. The van der Waals surface area contributed by atoms with Crippen LogP contribution in [0.2, 0.25) is 0 Å². The zero-order valence-corrected chi connectivity index (χ0v) is 13.0. The van der Waals surface area contributed by atoms with Crippen molar-refractivity contribution in [1.29, 1.82) is 0 Å². The third-order valence-corrected chi connectivity index (χ3v) is 4.69. The summed E-state index contributed by atoms with van der Waals surface area (Å²) in [5.41, 5.74) is 0. The van der Waals surface area contributed by atoms with Crippen LogP contribution in [0.3, 0.4) is 0 Å². The third kappa shape index (κ3) is 4.82. The highest BCUT2D eigenvalue weighted by molar-refractivity contribution is 7.18. The quantitative estimate of drug-likeness (QED) is 0.689. The molecule has 1 unspecified atom stereocenters. The summed E-state index contributed by atoms with van der Waals surface area (Å²) in [5.74, 6) is 0.391. The van der Waals surface area contributed by atoms with Gasteiger partial charge in [-0.05, 0) is 37.3 Å². The zero-order chi connectivity index (χ0) is 15.2. The lowest BCUT2D eigenvalue weighted by atomic mass is 10.0. The maximum Gasteiger partial charge on any atom is 0.261 e. The van der Waals surface area contributed by atoms with Crippen LogP contribution in [0, 0.1) is 11.8 Å². The Bertz CT molecular complexity index is 497. The molecule has 5 nitrogen and oxygen atoms in total. The first-order valence-corrected chi connectivity index (χ1v) is 8.25. The average molecular weight is 310 g/mol. The van der Waals surface area contributed by atoms with Crippen molar-refractivity contribution in [2.45, 2.75) is 32.6 Å². The van der Waals surface area contributed by atoms with Crippen LogP contribution in [0.15, 0.2) is 12.1 Å². The maximum atomic E-state index is 12.0. The van der Waals surface area contributed by atoms with Gasteiger partial charge < -0.3 is 15.7 Å². The number of aliphatic hydroxyl groups is 1. The number of amides is 2. The molecule has 1 aromatic heterocycles. The highest BCUT2D eigenvalue weighted by Gasteiger charge is 2.29. The van der Waals surface area contributed by atoms with Gasteiger partial charge in [0.1, 0.15) is 0 Å². The molecule has 3 N–H and O–H groups in total. The van der Waals surface area contributed by atoms with Crippen LogP contribution in [0.25, 0.3) is 0 Å². The fourth-order valence-electron chi connectivity index (χ4n) is 2.05. The number of hydrogen-bond acceptors (Lipinski definition) is 4. The number of anilines is 1. The molecule has 1 fully saturated rings. The van der Waals surface area contributed by atoms with E-state index in [-0.39, 0.29) is 24.3 Å². The molecule has 6 heteroatoms. The van der Waals surface area contributed by atoms with Crippen LogP contribution < -0.4 is 10.6 Å². The fraction of sp³-hybridized carbons (Fsp3) is 0.600. The first-order chi connectivity index (χ1) is 10.1. The van der Waals surface area contributed by atoms with E-state index in [2.05, 4.69) is 10.6 Å². The zero-order valence-electron chi connectivity index (χ0n) is 12.2. The topological polar surface area (TPSA) is 78.4 Å². The van der Waals surface area contributed by atoms with E-state index in [1.165, 1.54) is 11.3 Å². The summed E-state index contributed by atoms with van der Waals surface area (Å²) in [4.78, 5) is 24.3. The van der Waals surface area contributed by atoms with Gasteiger partial charge in [0.05, 0.1) is 9.88 Å². The number of thiophene rings is 1. The number of aliphatic hydroxyl groups excluding tert-OH is 1. The smallest absolute Gasteiger partial charge is 0.261 e. The van der Waals surface area contributed by atoms with Gasteiger partial charge in [-0.15, -0.1) is 11.3 Å². The standard InChI is InChI=1S/C15H22N2O3S/c1-2-10(7-8-18)9-16-15(20)12-5-6-13(21-12)17-14(19)11-3-4-11/h5-6,10-11,18H,2-4,7-9H2,1H3,(H,16,20)(H,17,19). The summed E-state index contributed by atoms with van der Waals surface area (Å²) < 4.78 is 0. The van der Waals surface area contributed by atoms with E-state index in [0.29, 0.717) is 23.8 Å². The first kappa shape index (κ1) is 16.0. The van der Waals surface area contributed by atoms with E-state index in [1.54, 1.807) is 12.1 Å². The van der Waals surface area contributed by atoms with Crippen LogP contribution in [0.1, 0.15) is 42.3 Å². The van der Waals surface area contributed by atoms with Crippen LogP contribution in [-0.2, 0) is 4.79 Å². The average Bonchev–Trinajstić information content (AvgIpc) is 3.23. The highest BCUT2D eigenvalue weighted by Crippen LogP contribution is 2.31. The number of hydrogen-bond donors (Lipinski definition) is 3. The molecule has 0 saturated heterocycles. The van der Waals surface area contributed by atoms with Gasteiger partial charge in [-0.25, -0.2) is 0 Å². The summed E-state index contributed by atoms with van der Waals surface area (Å²) >= 11 is 1.29. The predicted octanol–water partition coefficient (Wildman–Crippen LogP) is 2.23. The minimum atomic E-state index is -0.122. The van der Waals surface area contributed by atoms with E-state index < -0.39 is 0 Å². The van der Waals surface area contributed by atoms with E-state index >= 15 is 0 Å². The first-order valence-electron chi connectivity index (χ1n) is 7.43. The van der Waals surface area contributed by atoms with Crippen molar-refractivity contribution in [2.75, 3.05) is 18.5 Å². The van der Waals surface area contributed by atoms with Gasteiger partial charge >= 0.3 is 0 Å². The summed E-state index contributed by atoms with van der Waals surface area (Å²) in [6, 6.07) is 3.50. The number of nitrogens with one attached hydrogen (secondary N) is 2. The Balaban J connectivity index is 1.82. The van der Waals surface area contributed by atoms with Gasteiger partial charge in [0, 0.05) is 19.1 Å². The highest BCUT2D eigenvalue weighted by atomic mass is 32.1. The molecule has 1 atom stereocenters. The number of carbonyl (C=O) groups excluding carboxylic acids is 2. The van der Waals surface area contributed by atoms with Crippen LogP contribution in [-0.4, -0.2) is 30.1 Å². The molecule has 0 radical (unpaired) electrons. The van der Waals surface area contributed by atoms with Crippen molar-refractivity contribution >= 4 is 28.2 Å². The van der Waals surface area contributed by atoms with Crippen LogP contribution in [0.5, 0.6) is 0 Å². The minimum absolute atomic E-state index is 0.0535. The monoisotopic (exact) mass is 310 g/mol. The van der Waals surface area contributed by atoms with Crippen molar-refractivity contribution in [1.82, 2.24) is 5.32 Å². The van der Waals surface area contributed by atoms with Gasteiger partial charge in [0.25, 0.3) is 5.91 Å². The number of rotatable bonds is 8. The molecule has 1 saturated carbocycles. The van der Waals surface area contributed by atoms with Gasteiger partial charge in [-0.3, -0.25) is 9.59 Å². The largest absolute Gasteiger partial charge is 0.396 e. The molecule has 1 aromatic rings. The summed E-state index contributed by atoms with van der Waals surface area (Å²) in [6.45, 7) is 2.76. The molecule has 0 aromatic carbocycles. The molecule has 2 amide bonds. The molecular weight excluding hydrogens is 288 g/mol. The summed E-state index contributed by atoms with van der Waals surface area (Å²) in [6.07, 6.45) is 3.56. The van der Waals surface area contributed by atoms with Crippen molar-refractivity contribution in [3.63, 3.8) is 0 Å². The number of carbonyl (C=O) groups is 2. The molecule has 0 bridgehead atoms. The van der Waals surface area contributed by atoms with Gasteiger partial charge in [-0.2, -0.15) is 0 Å².